The summed E-state index contributed by atoms with van der Waals surface area (Å²) in [4.78, 5) is 23.5. The molecule has 0 spiro atoms. The van der Waals surface area contributed by atoms with Crippen molar-refractivity contribution in [2.75, 3.05) is 40.9 Å². The molecule has 0 aromatic rings. The molecule has 0 aromatic heterocycles. The number of phosphoric acid groups is 1. The van der Waals surface area contributed by atoms with E-state index in [0.29, 0.717) is 17.4 Å². The molecule has 8 nitrogen and oxygen atoms in total. The molecule has 0 bridgehead atoms. The van der Waals surface area contributed by atoms with Crippen molar-refractivity contribution >= 4 is 13.7 Å². The second-order valence-electron chi connectivity index (χ2n) is 30.6. The first-order valence-electron chi connectivity index (χ1n) is 42.2. The number of hydrogen-bond acceptors (Lipinski definition) is 5. The highest BCUT2D eigenvalue weighted by molar-refractivity contribution is 7.47. The fourth-order valence-corrected chi connectivity index (χ4v) is 14.2. The maximum Gasteiger partial charge on any atom is 0.472 e. The summed E-state index contributed by atoms with van der Waals surface area (Å²) in [7, 11) is 1.58. The van der Waals surface area contributed by atoms with Crippen LogP contribution in [0.2, 0.25) is 0 Å². The summed E-state index contributed by atoms with van der Waals surface area (Å²) in [5.41, 5.74) is 0. The zero-order valence-electron chi connectivity index (χ0n) is 63.8. The van der Waals surface area contributed by atoms with E-state index in [1.54, 1.807) is 6.08 Å². The van der Waals surface area contributed by atoms with Crippen molar-refractivity contribution < 1.29 is 32.9 Å². The van der Waals surface area contributed by atoms with Gasteiger partial charge in [0.2, 0.25) is 5.91 Å². The number of carbonyl (C=O) groups excluding carboxylic acids is 1. The van der Waals surface area contributed by atoms with Gasteiger partial charge in [0.15, 0.2) is 0 Å². The minimum Gasteiger partial charge on any atom is -0.387 e. The topological polar surface area (TPSA) is 105 Å². The van der Waals surface area contributed by atoms with Gasteiger partial charge < -0.3 is 19.8 Å². The number of phosphoric ester groups is 1. The van der Waals surface area contributed by atoms with E-state index in [0.717, 1.165) is 38.5 Å². The Bertz CT molecular complexity index is 1570. The summed E-state index contributed by atoms with van der Waals surface area (Å²) >= 11 is 0. The van der Waals surface area contributed by atoms with E-state index in [1.807, 2.05) is 27.2 Å². The molecule has 0 radical (unpaired) electrons. The Morgan fingerprint density at radius 1 is 0.355 bits per heavy atom. The number of allylic oxidation sites excluding steroid dienone is 3. The van der Waals surface area contributed by atoms with Crippen LogP contribution in [0.5, 0.6) is 0 Å². The number of quaternary nitrogens is 1. The number of aliphatic hydroxyl groups is 1. The minimum atomic E-state index is -4.36. The largest absolute Gasteiger partial charge is 0.472 e. The van der Waals surface area contributed by atoms with Crippen LogP contribution in [0.15, 0.2) is 24.3 Å². The highest BCUT2D eigenvalue weighted by Crippen LogP contribution is 2.43. The first-order valence-corrected chi connectivity index (χ1v) is 43.7. The number of unbranched alkanes of at least 4 members (excludes halogenated alkanes) is 65. The maximum absolute atomic E-state index is 13.1. The summed E-state index contributed by atoms with van der Waals surface area (Å²) in [6, 6.07) is -0.863. The monoisotopic (exact) mass is 1330 g/mol. The number of rotatable bonds is 80. The molecule has 0 heterocycles. The van der Waals surface area contributed by atoms with Crippen LogP contribution in [0.3, 0.4) is 0 Å². The van der Waals surface area contributed by atoms with Crippen LogP contribution in [-0.4, -0.2) is 73.4 Å². The molecule has 93 heavy (non-hydrogen) atoms. The number of hydrogen-bond donors (Lipinski definition) is 3. The maximum atomic E-state index is 13.1. The van der Waals surface area contributed by atoms with Crippen molar-refractivity contribution in [3.05, 3.63) is 24.3 Å². The summed E-state index contributed by atoms with van der Waals surface area (Å²) in [6.07, 6.45) is 101. The van der Waals surface area contributed by atoms with E-state index in [9.17, 15) is 19.4 Å². The molecule has 3 N–H and O–H groups in total. The van der Waals surface area contributed by atoms with Crippen LogP contribution in [0, 0.1) is 0 Å². The standard InChI is InChI=1S/C84H167N2O6P/c1-6-8-10-12-14-16-18-20-22-24-26-28-30-32-34-36-38-39-40-41-42-43-44-45-46-48-50-52-54-56-58-60-62-64-66-68-70-72-74-76-78-84(88)85-82(81-92-93(89,90)91-80-79-86(3,4)5)83(87)77-75-73-71-69-67-65-63-61-59-57-55-53-51-49-47-37-35-33-31-29-27-25-23-21-19-17-15-13-11-9-7-2/h67,69,75,77,82-83,87H,6-66,68,70-74,76,78-81H2,1-5H3,(H-,85,88,89,90)/p+1/b69-67+,77-75+. The van der Waals surface area contributed by atoms with Crippen LogP contribution in [0.1, 0.15) is 457 Å². The lowest BCUT2D eigenvalue weighted by Crippen LogP contribution is -2.45. The molecule has 554 valence electrons. The lowest BCUT2D eigenvalue weighted by Gasteiger charge is -2.25. The SMILES string of the molecule is CCCCCCCCCCCCCCCCCCCCCCCCCCC/C=C/CC/C=C/C(O)C(COP(=O)(O)OCC[N+](C)(C)C)NC(=O)CCCCCCCCCCCCCCCCCCCCCCCCCCCCCCCCCCCCCCCCCC. The van der Waals surface area contributed by atoms with E-state index in [1.165, 1.54) is 398 Å². The van der Waals surface area contributed by atoms with Gasteiger partial charge in [-0.25, -0.2) is 4.57 Å². The van der Waals surface area contributed by atoms with Gasteiger partial charge >= 0.3 is 7.82 Å². The molecule has 3 unspecified atom stereocenters. The van der Waals surface area contributed by atoms with Crippen molar-refractivity contribution in [2.24, 2.45) is 0 Å². The first kappa shape index (κ1) is 92.0. The predicted molar refractivity (Wildman–Crippen MR) is 411 cm³/mol. The van der Waals surface area contributed by atoms with Crippen LogP contribution >= 0.6 is 7.82 Å². The lowest BCUT2D eigenvalue weighted by atomic mass is 10.0. The highest BCUT2D eigenvalue weighted by Gasteiger charge is 2.28. The molecule has 0 aliphatic heterocycles. The van der Waals surface area contributed by atoms with Crippen LogP contribution < -0.4 is 5.32 Å². The Kier molecular flexibility index (Phi) is 74.4. The molecule has 9 heteroatoms. The van der Waals surface area contributed by atoms with Crippen molar-refractivity contribution in [2.45, 2.75) is 469 Å². The second kappa shape index (κ2) is 75.2. The summed E-state index contributed by atoms with van der Waals surface area (Å²) in [6.45, 7) is 4.88. The van der Waals surface area contributed by atoms with E-state index < -0.39 is 20.0 Å². The van der Waals surface area contributed by atoms with Crippen molar-refractivity contribution in [1.29, 1.82) is 0 Å². The van der Waals surface area contributed by atoms with Gasteiger partial charge in [-0.1, -0.05) is 443 Å². The van der Waals surface area contributed by atoms with Crippen molar-refractivity contribution in [3.63, 3.8) is 0 Å². The molecule has 0 aromatic carbocycles. The molecule has 1 amide bonds. The van der Waals surface area contributed by atoms with E-state index in [4.69, 9.17) is 9.05 Å². The Hall–Kier alpha value is -1.02. The van der Waals surface area contributed by atoms with Crippen LogP contribution in [-0.2, 0) is 18.4 Å². The van der Waals surface area contributed by atoms with Gasteiger partial charge in [0, 0.05) is 6.42 Å². The van der Waals surface area contributed by atoms with Gasteiger partial charge in [0.05, 0.1) is 39.9 Å². The zero-order valence-corrected chi connectivity index (χ0v) is 64.7. The first-order chi connectivity index (χ1) is 45.5. The third kappa shape index (κ3) is 78.2. The third-order valence-electron chi connectivity index (χ3n) is 19.9. The number of carbonyl (C=O) groups is 1. The van der Waals surface area contributed by atoms with E-state index in [-0.39, 0.29) is 19.1 Å². The number of nitrogens with one attached hydrogen (secondary N) is 1. The van der Waals surface area contributed by atoms with Crippen LogP contribution in [0.25, 0.3) is 0 Å². The van der Waals surface area contributed by atoms with Crippen molar-refractivity contribution in [3.8, 4) is 0 Å². The number of amides is 1. The summed E-state index contributed by atoms with van der Waals surface area (Å²) in [5.74, 6) is -0.176. The highest BCUT2D eigenvalue weighted by atomic mass is 31.2. The Morgan fingerprint density at radius 2 is 0.591 bits per heavy atom. The smallest absolute Gasteiger partial charge is 0.387 e. The molecule has 0 saturated heterocycles. The molecule has 0 aliphatic carbocycles. The van der Waals surface area contributed by atoms with Gasteiger partial charge in [0.1, 0.15) is 13.2 Å². The molecular weight excluding hydrogens is 1160 g/mol. The Labute approximate surface area is 583 Å². The number of aliphatic hydroxyl groups excluding tert-OH is 1. The van der Waals surface area contributed by atoms with E-state index >= 15 is 0 Å². The van der Waals surface area contributed by atoms with Gasteiger partial charge in [-0.2, -0.15) is 0 Å². The Balaban J connectivity index is 3.91. The predicted octanol–water partition coefficient (Wildman–Crippen LogP) is 27.7. The fraction of sp³-hybridized carbons (Fsp3) is 0.940. The van der Waals surface area contributed by atoms with Gasteiger partial charge in [-0.15, -0.1) is 0 Å². The second-order valence-corrected chi connectivity index (χ2v) is 32.0. The summed E-state index contributed by atoms with van der Waals surface area (Å²) < 4.78 is 23.9. The molecule has 0 saturated carbocycles. The fourth-order valence-electron chi connectivity index (χ4n) is 13.4. The van der Waals surface area contributed by atoms with Gasteiger partial charge in [0.25, 0.3) is 0 Å². The quantitative estimate of drug-likeness (QED) is 0.0243. The molecule has 0 fully saturated rings. The van der Waals surface area contributed by atoms with Gasteiger partial charge in [-0.3, -0.25) is 13.8 Å². The Morgan fingerprint density at radius 3 is 0.860 bits per heavy atom. The minimum absolute atomic E-state index is 0.0593. The van der Waals surface area contributed by atoms with E-state index in [2.05, 4.69) is 31.3 Å². The molecule has 0 aliphatic rings. The van der Waals surface area contributed by atoms with Crippen molar-refractivity contribution in [1.82, 2.24) is 5.32 Å². The zero-order chi connectivity index (χ0) is 67.6. The third-order valence-corrected chi connectivity index (χ3v) is 20.9. The molecular formula is C84H168N2O6P+. The van der Waals surface area contributed by atoms with Gasteiger partial charge in [-0.05, 0) is 32.1 Å². The molecule has 3 atom stereocenters. The summed E-state index contributed by atoms with van der Waals surface area (Å²) in [5, 5.41) is 14.0. The number of likely N-dealkylation sites (N-methyl/N-ethyl adjacent to an activating group) is 1. The average molecular weight is 1330 g/mol. The number of nitrogens with zero attached hydrogens (tertiary/aromatic N) is 1. The molecule has 0 rings (SSSR count). The van der Waals surface area contributed by atoms with Crippen LogP contribution in [0.4, 0.5) is 0 Å². The normalized spacial score (nSPS) is 13.5. The lowest BCUT2D eigenvalue weighted by molar-refractivity contribution is -0.870. The average Bonchev–Trinajstić information content (AvgIpc) is 1.92.